The zero-order chi connectivity index (χ0) is 10.4. The molecule has 0 saturated carbocycles. The maximum atomic E-state index is 11.4. The van der Waals surface area contributed by atoms with Crippen molar-refractivity contribution in [3.63, 3.8) is 0 Å². The molecule has 1 atom stereocenters. The molecule has 4 nitrogen and oxygen atoms in total. The van der Waals surface area contributed by atoms with E-state index in [-0.39, 0.29) is 24.2 Å². The zero-order valence-electron chi connectivity index (χ0n) is 8.54. The van der Waals surface area contributed by atoms with Crippen molar-refractivity contribution < 1.29 is 14.3 Å². The lowest BCUT2D eigenvalue weighted by molar-refractivity contribution is -0.146. The average Bonchev–Trinajstić information content (AvgIpc) is 2.33. The Hall–Kier alpha value is -1.06. The quantitative estimate of drug-likeness (QED) is 0.686. The van der Waals surface area contributed by atoms with Crippen molar-refractivity contribution in [1.82, 2.24) is 5.32 Å². The predicted octanol–water partition coefficient (Wildman–Crippen LogP) is 0.856. The molecule has 1 rings (SSSR count). The molecule has 4 heteroatoms. The van der Waals surface area contributed by atoms with Crippen molar-refractivity contribution in [1.29, 1.82) is 0 Å². The first kappa shape index (κ1) is 11.0. The van der Waals surface area contributed by atoms with E-state index < -0.39 is 0 Å². The minimum Gasteiger partial charge on any atom is -0.466 e. The highest BCUT2D eigenvalue weighted by Crippen LogP contribution is 2.16. The van der Waals surface area contributed by atoms with Crippen molar-refractivity contribution in [3.8, 4) is 0 Å². The summed E-state index contributed by atoms with van der Waals surface area (Å²) < 4.78 is 4.81. The van der Waals surface area contributed by atoms with Crippen LogP contribution in [0.3, 0.4) is 0 Å². The Morgan fingerprint density at radius 3 is 3.07 bits per heavy atom. The predicted molar refractivity (Wildman–Crippen MR) is 51.6 cm³/mol. The van der Waals surface area contributed by atoms with Gasteiger partial charge >= 0.3 is 5.97 Å². The summed E-state index contributed by atoms with van der Waals surface area (Å²) in [6.07, 6.45) is 3.03. The number of esters is 1. The summed E-state index contributed by atoms with van der Waals surface area (Å²) in [5, 5.41) is 2.80. The van der Waals surface area contributed by atoms with Gasteiger partial charge in [-0.25, -0.2) is 0 Å². The second-order valence-corrected chi connectivity index (χ2v) is 3.49. The lowest BCUT2D eigenvalue weighted by Gasteiger charge is -2.11. The van der Waals surface area contributed by atoms with Crippen LogP contribution in [0.15, 0.2) is 0 Å². The van der Waals surface area contributed by atoms with Gasteiger partial charge in [0.25, 0.3) is 0 Å². The molecule has 0 radical (unpaired) electrons. The molecule has 1 heterocycles. The third-order valence-electron chi connectivity index (χ3n) is 2.37. The van der Waals surface area contributed by atoms with Crippen molar-refractivity contribution in [2.45, 2.75) is 32.6 Å². The summed E-state index contributed by atoms with van der Waals surface area (Å²) in [5.74, 6) is -0.457. The van der Waals surface area contributed by atoms with Crippen LogP contribution in [0.25, 0.3) is 0 Å². The largest absolute Gasteiger partial charge is 0.466 e. The van der Waals surface area contributed by atoms with E-state index in [1.165, 1.54) is 0 Å². The van der Waals surface area contributed by atoms with Crippen LogP contribution in [0.5, 0.6) is 0 Å². The number of ether oxygens (including phenoxy) is 1. The number of carbonyl (C=O) groups is 2. The molecule has 0 aromatic carbocycles. The second-order valence-electron chi connectivity index (χ2n) is 3.49. The van der Waals surface area contributed by atoms with Gasteiger partial charge < -0.3 is 10.1 Å². The molecule has 1 fully saturated rings. The first-order valence-corrected chi connectivity index (χ1v) is 5.17. The van der Waals surface area contributed by atoms with E-state index in [0.29, 0.717) is 6.61 Å². The summed E-state index contributed by atoms with van der Waals surface area (Å²) in [4.78, 5) is 22.6. The van der Waals surface area contributed by atoms with E-state index >= 15 is 0 Å². The molecule has 0 aliphatic carbocycles. The molecule has 0 bridgehead atoms. The smallest absolute Gasteiger partial charge is 0.306 e. The van der Waals surface area contributed by atoms with E-state index in [0.717, 1.165) is 25.8 Å². The zero-order valence-corrected chi connectivity index (χ0v) is 8.54. The number of rotatable bonds is 3. The summed E-state index contributed by atoms with van der Waals surface area (Å²) in [7, 11) is 0. The molecule has 0 aromatic rings. The van der Waals surface area contributed by atoms with E-state index in [4.69, 9.17) is 4.74 Å². The first-order valence-electron chi connectivity index (χ1n) is 5.17. The Morgan fingerprint density at radius 1 is 1.57 bits per heavy atom. The van der Waals surface area contributed by atoms with Gasteiger partial charge in [0.2, 0.25) is 5.91 Å². The normalized spacial score (nSPS) is 22.4. The van der Waals surface area contributed by atoms with Crippen LogP contribution in [0, 0.1) is 5.92 Å². The van der Waals surface area contributed by atoms with Gasteiger partial charge in [-0.05, 0) is 19.8 Å². The van der Waals surface area contributed by atoms with Crippen molar-refractivity contribution in [2.24, 2.45) is 5.92 Å². The Balaban J connectivity index is 2.40. The van der Waals surface area contributed by atoms with Crippen LogP contribution in [0.2, 0.25) is 0 Å². The fourth-order valence-electron chi connectivity index (χ4n) is 1.62. The molecule has 14 heavy (non-hydrogen) atoms. The molecule has 0 aromatic heterocycles. The summed E-state index contributed by atoms with van der Waals surface area (Å²) in [6.45, 7) is 2.89. The van der Waals surface area contributed by atoms with Crippen LogP contribution < -0.4 is 5.32 Å². The topological polar surface area (TPSA) is 55.4 Å². The molecule has 1 aliphatic heterocycles. The van der Waals surface area contributed by atoms with Crippen LogP contribution in [0.1, 0.15) is 32.6 Å². The number of hydrogen-bond donors (Lipinski definition) is 1. The van der Waals surface area contributed by atoms with Crippen LogP contribution in [-0.4, -0.2) is 25.0 Å². The van der Waals surface area contributed by atoms with Crippen LogP contribution in [-0.2, 0) is 14.3 Å². The highest BCUT2D eigenvalue weighted by atomic mass is 16.5. The van der Waals surface area contributed by atoms with E-state index in [1.807, 2.05) is 0 Å². The second kappa shape index (κ2) is 5.62. The van der Waals surface area contributed by atoms with Gasteiger partial charge in [-0.2, -0.15) is 0 Å². The highest BCUT2D eigenvalue weighted by molar-refractivity contribution is 5.83. The Labute approximate surface area is 84.0 Å². The van der Waals surface area contributed by atoms with Crippen molar-refractivity contribution in [2.75, 3.05) is 13.2 Å². The molecular formula is C10H17NO3. The molecule has 80 valence electrons. The Morgan fingerprint density at radius 2 is 2.36 bits per heavy atom. The van der Waals surface area contributed by atoms with E-state index in [2.05, 4.69) is 5.32 Å². The van der Waals surface area contributed by atoms with Gasteiger partial charge in [0.1, 0.15) is 0 Å². The van der Waals surface area contributed by atoms with E-state index in [9.17, 15) is 9.59 Å². The van der Waals surface area contributed by atoms with Crippen LogP contribution >= 0.6 is 0 Å². The monoisotopic (exact) mass is 199 g/mol. The Bertz CT molecular complexity index is 215. The maximum absolute atomic E-state index is 11.4. The van der Waals surface area contributed by atoms with Crippen molar-refractivity contribution in [3.05, 3.63) is 0 Å². The van der Waals surface area contributed by atoms with Gasteiger partial charge in [0, 0.05) is 12.5 Å². The highest BCUT2D eigenvalue weighted by Gasteiger charge is 2.23. The fourth-order valence-corrected chi connectivity index (χ4v) is 1.62. The third-order valence-corrected chi connectivity index (χ3v) is 2.37. The third kappa shape index (κ3) is 3.36. The summed E-state index contributed by atoms with van der Waals surface area (Å²) in [5.41, 5.74) is 0. The average molecular weight is 199 g/mol. The number of hydrogen-bond acceptors (Lipinski definition) is 3. The van der Waals surface area contributed by atoms with Gasteiger partial charge in [-0.15, -0.1) is 0 Å². The standard InChI is InChI=1S/C10H17NO3/c1-2-14-9(12)7-8-5-3-4-6-11-10(8)13/h8H,2-7H2,1H3,(H,11,13)/t8-/m1/s1. The lowest BCUT2D eigenvalue weighted by Crippen LogP contribution is -2.30. The Kier molecular flexibility index (Phi) is 4.43. The molecule has 0 spiro atoms. The van der Waals surface area contributed by atoms with Crippen molar-refractivity contribution >= 4 is 11.9 Å². The fraction of sp³-hybridized carbons (Fsp3) is 0.800. The van der Waals surface area contributed by atoms with Crippen LogP contribution in [0.4, 0.5) is 0 Å². The summed E-state index contributed by atoms with van der Waals surface area (Å²) >= 11 is 0. The number of nitrogens with one attached hydrogen (secondary N) is 1. The van der Waals surface area contributed by atoms with Gasteiger partial charge in [0.05, 0.1) is 13.0 Å². The van der Waals surface area contributed by atoms with Gasteiger partial charge in [0.15, 0.2) is 0 Å². The summed E-state index contributed by atoms with van der Waals surface area (Å²) in [6, 6.07) is 0. The number of carbonyl (C=O) groups excluding carboxylic acids is 2. The maximum Gasteiger partial charge on any atom is 0.306 e. The minimum atomic E-state index is -0.269. The lowest BCUT2D eigenvalue weighted by atomic mass is 9.99. The molecule has 0 unspecified atom stereocenters. The SMILES string of the molecule is CCOC(=O)C[C@H]1CCCCNC1=O. The van der Waals surface area contributed by atoms with Gasteiger partial charge in [-0.3, -0.25) is 9.59 Å². The molecule has 1 N–H and O–H groups in total. The van der Waals surface area contributed by atoms with E-state index in [1.54, 1.807) is 6.92 Å². The minimum absolute atomic E-state index is 0.00412. The molecule has 1 amide bonds. The molecule has 1 aliphatic rings. The molecule has 1 saturated heterocycles. The first-order chi connectivity index (χ1) is 6.74. The molecular weight excluding hydrogens is 182 g/mol. The van der Waals surface area contributed by atoms with Gasteiger partial charge in [-0.1, -0.05) is 6.42 Å². The number of amides is 1.